The van der Waals surface area contributed by atoms with Gasteiger partial charge >= 0.3 is 0 Å². The molecule has 0 spiro atoms. The van der Waals surface area contributed by atoms with Gasteiger partial charge in [-0.25, -0.2) is 9.37 Å². The van der Waals surface area contributed by atoms with E-state index in [4.69, 9.17) is 4.74 Å². The number of carbonyl (C=O) groups is 1. The standard InChI is InChI=1S/C21H17FN4O2S/c1-12(22)28-18-7-5-14(6-8-18)20(27)24-19-10-17-9-15(3-4-16(17)11-23-19)21-26-25-13(2)29-21/h3-12H,1-2H3,(H,23,24,27). The molecule has 0 saturated heterocycles. The summed E-state index contributed by atoms with van der Waals surface area (Å²) in [5.41, 5.74) is 1.38. The zero-order valence-corrected chi connectivity index (χ0v) is 16.5. The average Bonchev–Trinajstić information content (AvgIpc) is 3.14. The van der Waals surface area contributed by atoms with Gasteiger partial charge in [0.25, 0.3) is 5.91 Å². The molecule has 1 atom stereocenters. The molecule has 0 saturated carbocycles. The molecular formula is C21H17FN4O2S. The predicted octanol–water partition coefficient (Wildman–Crippen LogP) is 5.01. The van der Waals surface area contributed by atoms with Gasteiger partial charge in [-0.15, -0.1) is 10.2 Å². The van der Waals surface area contributed by atoms with Gasteiger partial charge in [0.2, 0.25) is 6.36 Å². The van der Waals surface area contributed by atoms with Crippen molar-refractivity contribution in [2.75, 3.05) is 5.32 Å². The van der Waals surface area contributed by atoms with Crippen LogP contribution in [-0.2, 0) is 0 Å². The number of nitrogens with one attached hydrogen (secondary N) is 1. The number of aryl methyl sites for hydroxylation is 1. The van der Waals surface area contributed by atoms with E-state index in [0.29, 0.717) is 17.1 Å². The van der Waals surface area contributed by atoms with Gasteiger partial charge in [-0.2, -0.15) is 0 Å². The quantitative estimate of drug-likeness (QED) is 0.502. The zero-order chi connectivity index (χ0) is 20.4. The summed E-state index contributed by atoms with van der Waals surface area (Å²) >= 11 is 1.52. The van der Waals surface area contributed by atoms with Crippen molar-refractivity contribution in [2.24, 2.45) is 0 Å². The number of fused-ring (bicyclic) bond motifs is 1. The summed E-state index contributed by atoms with van der Waals surface area (Å²) in [6.45, 7) is 3.21. The van der Waals surface area contributed by atoms with Gasteiger partial charge in [0.15, 0.2) is 0 Å². The predicted molar refractivity (Wildman–Crippen MR) is 111 cm³/mol. The van der Waals surface area contributed by atoms with Gasteiger partial charge in [-0.3, -0.25) is 4.79 Å². The summed E-state index contributed by atoms with van der Waals surface area (Å²) in [6, 6.07) is 14.0. The number of halogens is 1. The van der Waals surface area contributed by atoms with E-state index in [9.17, 15) is 9.18 Å². The summed E-state index contributed by atoms with van der Waals surface area (Å²) in [5, 5.41) is 14.6. The number of carbonyl (C=O) groups excluding carboxylic acids is 1. The summed E-state index contributed by atoms with van der Waals surface area (Å²) in [6.07, 6.45) is 0.296. The first-order valence-electron chi connectivity index (χ1n) is 8.90. The number of hydrogen-bond acceptors (Lipinski definition) is 6. The fraction of sp³-hybridized carbons (Fsp3) is 0.143. The lowest BCUT2D eigenvalue weighted by Crippen LogP contribution is -2.13. The van der Waals surface area contributed by atoms with Gasteiger partial charge < -0.3 is 10.1 Å². The molecule has 6 nitrogen and oxygen atoms in total. The maximum atomic E-state index is 12.9. The maximum Gasteiger partial charge on any atom is 0.256 e. The molecular weight excluding hydrogens is 391 g/mol. The van der Waals surface area contributed by atoms with Gasteiger partial charge in [0.05, 0.1) is 0 Å². The smallest absolute Gasteiger partial charge is 0.256 e. The lowest BCUT2D eigenvalue weighted by Gasteiger charge is -2.09. The fourth-order valence-corrected chi connectivity index (χ4v) is 3.50. The lowest BCUT2D eigenvalue weighted by atomic mass is 10.1. The van der Waals surface area contributed by atoms with Crippen molar-refractivity contribution in [3.05, 3.63) is 65.3 Å². The Labute approximate surface area is 170 Å². The molecule has 29 heavy (non-hydrogen) atoms. The van der Waals surface area contributed by atoms with E-state index in [1.54, 1.807) is 30.5 Å². The van der Waals surface area contributed by atoms with Crippen LogP contribution in [0.4, 0.5) is 10.2 Å². The molecule has 2 aromatic heterocycles. The minimum absolute atomic E-state index is 0.312. The normalized spacial score (nSPS) is 12.0. The van der Waals surface area contributed by atoms with Crippen molar-refractivity contribution in [2.45, 2.75) is 20.2 Å². The molecule has 0 aliphatic rings. The Bertz CT molecular complexity index is 1170. The molecule has 0 fully saturated rings. The number of amides is 1. The minimum Gasteiger partial charge on any atom is -0.461 e. The van der Waals surface area contributed by atoms with Gasteiger partial charge in [-0.1, -0.05) is 23.5 Å². The first-order chi connectivity index (χ1) is 14.0. The topological polar surface area (TPSA) is 77.0 Å². The number of anilines is 1. The zero-order valence-electron chi connectivity index (χ0n) is 15.7. The minimum atomic E-state index is -1.41. The highest BCUT2D eigenvalue weighted by atomic mass is 32.1. The molecule has 2 heterocycles. The second-order valence-electron chi connectivity index (χ2n) is 6.40. The van der Waals surface area contributed by atoms with Crippen LogP contribution in [-0.4, -0.2) is 27.4 Å². The Kier molecular flexibility index (Phi) is 5.18. The molecule has 1 N–H and O–H groups in total. The molecule has 1 unspecified atom stereocenters. The average molecular weight is 408 g/mol. The van der Waals surface area contributed by atoms with E-state index in [1.165, 1.54) is 18.3 Å². The summed E-state index contributed by atoms with van der Waals surface area (Å²) in [5.74, 6) is 0.484. The van der Waals surface area contributed by atoms with Crippen molar-refractivity contribution in [3.63, 3.8) is 0 Å². The van der Waals surface area contributed by atoms with Crippen molar-refractivity contribution in [3.8, 4) is 16.3 Å². The van der Waals surface area contributed by atoms with Gasteiger partial charge in [0.1, 0.15) is 21.6 Å². The third-order valence-corrected chi connectivity index (χ3v) is 5.04. The second kappa shape index (κ2) is 7.92. The largest absolute Gasteiger partial charge is 0.461 e. The number of alkyl halides is 1. The highest BCUT2D eigenvalue weighted by Gasteiger charge is 2.10. The molecule has 4 aromatic rings. The maximum absolute atomic E-state index is 12.9. The van der Waals surface area contributed by atoms with Crippen LogP contribution in [0.2, 0.25) is 0 Å². The van der Waals surface area contributed by atoms with E-state index in [1.807, 2.05) is 31.2 Å². The summed E-state index contributed by atoms with van der Waals surface area (Å²) in [4.78, 5) is 16.8. The monoisotopic (exact) mass is 408 g/mol. The number of rotatable bonds is 5. The second-order valence-corrected chi connectivity index (χ2v) is 7.58. The summed E-state index contributed by atoms with van der Waals surface area (Å²) < 4.78 is 17.8. The molecule has 0 bridgehead atoms. The molecule has 2 aromatic carbocycles. The molecule has 0 aliphatic carbocycles. The third-order valence-electron chi connectivity index (χ3n) is 4.15. The van der Waals surface area contributed by atoms with Gasteiger partial charge in [-0.05, 0) is 48.7 Å². The van der Waals surface area contributed by atoms with Crippen LogP contribution in [0.1, 0.15) is 22.3 Å². The van der Waals surface area contributed by atoms with Crippen molar-refractivity contribution >= 4 is 33.8 Å². The van der Waals surface area contributed by atoms with Crippen LogP contribution < -0.4 is 10.1 Å². The lowest BCUT2D eigenvalue weighted by molar-refractivity contribution is 0.0860. The number of nitrogens with zero attached hydrogens (tertiary/aromatic N) is 3. The Balaban J connectivity index is 1.55. The number of aromatic nitrogens is 3. The highest BCUT2D eigenvalue weighted by Crippen LogP contribution is 2.27. The Morgan fingerprint density at radius 1 is 1.10 bits per heavy atom. The first kappa shape index (κ1) is 18.9. The fourth-order valence-electron chi connectivity index (χ4n) is 2.82. The molecule has 1 amide bonds. The van der Waals surface area contributed by atoms with Gasteiger partial charge in [0, 0.05) is 29.6 Å². The number of pyridine rings is 1. The van der Waals surface area contributed by atoms with E-state index in [2.05, 4.69) is 20.5 Å². The van der Waals surface area contributed by atoms with E-state index in [-0.39, 0.29) is 5.91 Å². The van der Waals surface area contributed by atoms with E-state index < -0.39 is 6.36 Å². The van der Waals surface area contributed by atoms with Crippen molar-refractivity contribution in [1.29, 1.82) is 0 Å². The Morgan fingerprint density at radius 3 is 2.59 bits per heavy atom. The molecule has 4 rings (SSSR count). The molecule has 0 aliphatic heterocycles. The number of hydrogen-bond donors (Lipinski definition) is 1. The van der Waals surface area contributed by atoms with Crippen LogP contribution in [0.15, 0.2) is 54.7 Å². The van der Waals surface area contributed by atoms with E-state index in [0.717, 1.165) is 26.4 Å². The Hall–Kier alpha value is -3.39. The first-order valence-corrected chi connectivity index (χ1v) is 9.72. The van der Waals surface area contributed by atoms with Crippen LogP contribution >= 0.6 is 11.3 Å². The highest BCUT2D eigenvalue weighted by molar-refractivity contribution is 7.14. The SMILES string of the molecule is Cc1nnc(-c2ccc3cnc(NC(=O)c4ccc(OC(C)F)cc4)cc3c2)s1. The van der Waals surface area contributed by atoms with Crippen molar-refractivity contribution in [1.82, 2.24) is 15.2 Å². The van der Waals surface area contributed by atoms with E-state index >= 15 is 0 Å². The molecule has 8 heteroatoms. The summed E-state index contributed by atoms with van der Waals surface area (Å²) in [7, 11) is 0. The van der Waals surface area contributed by atoms with Crippen LogP contribution in [0.5, 0.6) is 5.75 Å². The van der Waals surface area contributed by atoms with Crippen LogP contribution in [0.25, 0.3) is 21.3 Å². The Morgan fingerprint density at radius 2 is 1.90 bits per heavy atom. The number of ether oxygens (including phenoxy) is 1. The number of benzene rings is 2. The third kappa shape index (κ3) is 4.38. The van der Waals surface area contributed by atoms with Crippen molar-refractivity contribution < 1.29 is 13.9 Å². The van der Waals surface area contributed by atoms with Crippen LogP contribution in [0.3, 0.4) is 0 Å². The van der Waals surface area contributed by atoms with Crippen LogP contribution in [0, 0.1) is 6.92 Å². The molecule has 0 radical (unpaired) electrons. The molecule has 146 valence electrons.